The Morgan fingerprint density at radius 2 is 1.86 bits per heavy atom. The van der Waals surface area contributed by atoms with E-state index in [4.69, 9.17) is 4.74 Å². The SMILES string of the molecule is CCCC1(CCC)OC(=O)N=C1[O-].[Na+]. The third-order valence-electron chi connectivity index (χ3n) is 2.17. The standard InChI is InChI=1S/C9H15NO3.Na/c1-3-5-9(6-4-2)7(11)10-8(12)13-9;/h3-6H2,1-2H3,(H,10,11,12);/q;+1/p-1. The van der Waals surface area contributed by atoms with Crippen molar-refractivity contribution in [2.45, 2.75) is 45.1 Å². The molecule has 0 aromatic carbocycles. The Bertz CT molecular complexity index is 234. The maximum Gasteiger partial charge on any atom is 1.00 e. The van der Waals surface area contributed by atoms with Crippen LogP contribution in [0.3, 0.4) is 0 Å². The molecule has 0 fully saturated rings. The molecule has 0 atom stereocenters. The van der Waals surface area contributed by atoms with Crippen LogP contribution in [0, 0.1) is 0 Å². The summed E-state index contributed by atoms with van der Waals surface area (Å²) in [6.45, 7) is 3.91. The minimum absolute atomic E-state index is 0. The van der Waals surface area contributed by atoms with Gasteiger partial charge in [-0.2, -0.15) is 4.99 Å². The monoisotopic (exact) mass is 207 g/mol. The summed E-state index contributed by atoms with van der Waals surface area (Å²) in [6.07, 6.45) is 2.05. The molecule has 0 bridgehead atoms. The molecular formula is C9H14NNaO3. The number of aliphatic imine (C=N–C) groups is 1. The maximum absolute atomic E-state index is 11.4. The summed E-state index contributed by atoms with van der Waals surface area (Å²) in [4.78, 5) is 14.1. The van der Waals surface area contributed by atoms with Gasteiger partial charge < -0.3 is 9.84 Å². The molecule has 0 radical (unpaired) electrons. The van der Waals surface area contributed by atoms with Gasteiger partial charge in [0.05, 0.1) is 0 Å². The van der Waals surface area contributed by atoms with Gasteiger partial charge in [-0.1, -0.05) is 26.7 Å². The van der Waals surface area contributed by atoms with Crippen LogP contribution in [0.2, 0.25) is 0 Å². The van der Waals surface area contributed by atoms with Gasteiger partial charge in [-0.15, -0.1) is 0 Å². The molecule has 0 unspecified atom stereocenters. The molecule has 1 aliphatic heterocycles. The van der Waals surface area contributed by atoms with Crippen LogP contribution in [0.1, 0.15) is 39.5 Å². The molecule has 0 aromatic heterocycles. The number of ether oxygens (including phenoxy) is 1. The predicted octanol–water partition coefficient (Wildman–Crippen LogP) is -1.76. The van der Waals surface area contributed by atoms with E-state index in [1.807, 2.05) is 13.8 Å². The summed E-state index contributed by atoms with van der Waals surface area (Å²) < 4.78 is 4.99. The van der Waals surface area contributed by atoms with Crippen molar-refractivity contribution >= 4 is 12.0 Å². The Hall–Kier alpha value is -0.0600. The molecular weight excluding hydrogens is 193 g/mol. The predicted molar refractivity (Wildman–Crippen MR) is 46.5 cm³/mol. The van der Waals surface area contributed by atoms with Crippen LogP contribution in [-0.4, -0.2) is 17.6 Å². The Balaban J connectivity index is 0.00000169. The first-order chi connectivity index (χ1) is 6.14. The van der Waals surface area contributed by atoms with Gasteiger partial charge in [0.25, 0.3) is 0 Å². The zero-order chi connectivity index (χ0) is 9.90. The van der Waals surface area contributed by atoms with E-state index >= 15 is 0 Å². The topological polar surface area (TPSA) is 61.7 Å². The second kappa shape index (κ2) is 5.73. The first-order valence-corrected chi connectivity index (χ1v) is 4.64. The maximum atomic E-state index is 11.4. The fourth-order valence-corrected chi connectivity index (χ4v) is 1.67. The number of rotatable bonds is 4. The van der Waals surface area contributed by atoms with E-state index in [1.165, 1.54) is 0 Å². The van der Waals surface area contributed by atoms with Crippen molar-refractivity contribution in [3.63, 3.8) is 0 Å². The Morgan fingerprint density at radius 3 is 2.14 bits per heavy atom. The quantitative estimate of drug-likeness (QED) is 0.513. The molecule has 14 heavy (non-hydrogen) atoms. The normalized spacial score (nSPS) is 18.4. The summed E-state index contributed by atoms with van der Waals surface area (Å²) in [6, 6.07) is 0. The Kier molecular flexibility index (Phi) is 5.71. The smallest absolute Gasteiger partial charge is 0.859 e. The van der Waals surface area contributed by atoms with Crippen LogP contribution in [-0.2, 0) is 4.74 Å². The second-order valence-electron chi connectivity index (χ2n) is 3.28. The Labute approximate surface area is 106 Å². The van der Waals surface area contributed by atoms with Crippen molar-refractivity contribution in [3.8, 4) is 0 Å². The van der Waals surface area contributed by atoms with Crippen molar-refractivity contribution in [1.82, 2.24) is 0 Å². The molecule has 74 valence electrons. The van der Waals surface area contributed by atoms with Crippen molar-refractivity contribution in [1.29, 1.82) is 0 Å². The van der Waals surface area contributed by atoms with E-state index in [2.05, 4.69) is 4.99 Å². The number of carbonyl (C=O) groups is 1. The minimum Gasteiger partial charge on any atom is -0.859 e. The van der Waals surface area contributed by atoms with Crippen LogP contribution in [0.4, 0.5) is 4.79 Å². The van der Waals surface area contributed by atoms with Crippen LogP contribution >= 0.6 is 0 Å². The summed E-state index contributed by atoms with van der Waals surface area (Å²) in [5, 5.41) is 11.4. The molecule has 0 saturated carbocycles. The van der Waals surface area contributed by atoms with E-state index in [-0.39, 0.29) is 29.6 Å². The van der Waals surface area contributed by atoms with Gasteiger partial charge in [0.15, 0.2) is 0 Å². The van der Waals surface area contributed by atoms with Crippen LogP contribution < -0.4 is 34.7 Å². The first-order valence-electron chi connectivity index (χ1n) is 4.64. The summed E-state index contributed by atoms with van der Waals surface area (Å²) in [5.41, 5.74) is -0.930. The number of hydrogen-bond acceptors (Lipinski definition) is 3. The Morgan fingerprint density at radius 1 is 1.36 bits per heavy atom. The molecule has 5 heteroatoms. The molecule has 1 heterocycles. The van der Waals surface area contributed by atoms with E-state index < -0.39 is 17.6 Å². The first kappa shape index (κ1) is 13.9. The second-order valence-corrected chi connectivity index (χ2v) is 3.28. The molecule has 0 saturated heterocycles. The van der Waals surface area contributed by atoms with Gasteiger partial charge in [0.2, 0.25) is 0 Å². The number of amides is 1. The van der Waals surface area contributed by atoms with E-state index in [0.29, 0.717) is 12.8 Å². The molecule has 1 amide bonds. The summed E-state index contributed by atoms with van der Waals surface area (Å²) in [7, 11) is 0. The number of nitrogens with zero attached hydrogens (tertiary/aromatic N) is 1. The fourth-order valence-electron chi connectivity index (χ4n) is 1.67. The average molecular weight is 207 g/mol. The number of carbonyl (C=O) groups excluding carboxylic acids is 1. The largest absolute Gasteiger partial charge is 1.00 e. The molecule has 1 aliphatic rings. The number of cyclic esters (lactones) is 1. The molecule has 0 spiro atoms. The van der Waals surface area contributed by atoms with Gasteiger partial charge in [-0.05, 0) is 12.8 Å². The van der Waals surface area contributed by atoms with Crippen LogP contribution in [0.5, 0.6) is 0 Å². The van der Waals surface area contributed by atoms with E-state index in [9.17, 15) is 9.90 Å². The third-order valence-corrected chi connectivity index (χ3v) is 2.17. The van der Waals surface area contributed by atoms with Crippen molar-refractivity contribution in [2.24, 2.45) is 4.99 Å². The molecule has 4 nitrogen and oxygen atoms in total. The fraction of sp³-hybridized carbons (Fsp3) is 0.778. The number of hydrogen-bond donors (Lipinski definition) is 0. The summed E-state index contributed by atoms with van der Waals surface area (Å²) in [5.74, 6) is -0.402. The third kappa shape index (κ3) is 2.72. The zero-order valence-electron chi connectivity index (χ0n) is 9.00. The molecule has 0 aromatic rings. The van der Waals surface area contributed by atoms with E-state index in [0.717, 1.165) is 12.8 Å². The molecule has 0 N–H and O–H groups in total. The van der Waals surface area contributed by atoms with Gasteiger partial charge >= 0.3 is 35.7 Å². The van der Waals surface area contributed by atoms with Gasteiger partial charge in [0.1, 0.15) is 5.60 Å². The summed E-state index contributed by atoms with van der Waals surface area (Å²) >= 11 is 0. The molecule has 0 aliphatic carbocycles. The van der Waals surface area contributed by atoms with Gasteiger partial charge in [-0.3, -0.25) is 0 Å². The van der Waals surface area contributed by atoms with Crippen molar-refractivity contribution in [3.05, 3.63) is 0 Å². The molecule has 1 rings (SSSR count). The average Bonchev–Trinajstić information content (AvgIpc) is 2.28. The van der Waals surface area contributed by atoms with Gasteiger partial charge in [0, 0.05) is 5.90 Å². The van der Waals surface area contributed by atoms with E-state index in [1.54, 1.807) is 0 Å². The zero-order valence-corrected chi connectivity index (χ0v) is 11.0. The minimum atomic E-state index is -0.930. The van der Waals surface area contributed by atoms with Crippen LogP contribution in [0.15, 0.2) is 4.99 Å². The van der Waals surface area contributed by atoms with Crippen molar-refractivity contribution in [2.75, 3.05) is 0 Å². The van der Waals surface area contributed by atoms with Crippen LogP contribution in [0.25, 0.3) is 0 Å². The van der Waals surface area contributed by atoms with Gasteiger partial charge in [-0.25, -0.2) is 4.79 Å². The van der Waals surface area contributed by atoms with Crippen molar-refractivity contribution < 1.29 is 44.2 Å².